The minimum Gasteiger partial charge on any atom is -0.382 e. The van der Waals surface area contributed by atoms with E-state index in [-0.39, 0.29) is 5.84 Å². The largest absolute Gasteiger partial charge is 0.382 e. The summed E-state index contributed by atoms with van der Waals surface area (Å²) in [4.78, 5) is 10.4. The molecule has 0 aliphatic carbocycles. The highest BCUT2D eigenvalue weighted by atomic mass is 15.2. The maximum Gasteiger partial charge on any atom is 0.162 e. The third-order valence-corrected chi connectivity index (χ3v) is 2.57. The molecule has 0 aliphatic heterocycles. The fraction of sp³-hybridized carbons (Fsp3) is 0.154. The SMILES string of the molecule is CCN(c1ccccc1)c1nccnc1C(=N)N. The van der Waals surface area contributed by atoms with E-state index in [4.69, 9.17) is 11.1 Å². The number of hydrogen-bond donors (Lipinski definition) is 2. The smallest absolute Gasteiger partial charge is 0.162 e. The molecule has 0 amide bonds. The first-order valence-electron chi connectivity index (χ1n) is 5.72. The zero-order chi connectivity index (χ0) is 13.0. The molecule has 0 radical (unpaired) electrons. The Bertz CT molecular complexity index is 538. The van der Waals surface area contributed by atoms with E-state index in [1.165, 1.54) is 0 Å². The molecule has 0 atom stereocenters. The molecule has 1 aromatic heterocycles. The topological polar surface area (TPSA) is 78.9 Å². The van der Waals surface area contributed by atoms with E-state index in [1.54, 1.807) is 12.4 Å². The van der Waals surface area contributed by atoms with Crippen LogP contribution in [-0.2, 0) is 0 Å². The lowest BCUT2D eigenvalue weighted by molar-refractivity contribution is 0.969. The van der Waals surface area contributed by atoms with Gasteiger partial charge in [0.15, 0.2) is 5.82 Å². The van der Waals surface area contributed by atoms with Gasteiger partial charge in [-0.1, -0.05) is 18.2 Å². The van der Waals surface area contributed by atoms with Crippen LogP contribution >= 0.6 is 0 Å². The second kappa shape index (κ2) is 5.27. The molecule has 0 bridgehead atoms. The van der Waals surface area contributed by atoms with E-state index in [1.807, 2.05) is 42.2 Å². The van der Waals surface area contributed by atoms with Gasteiger partial charge in [-0.3, -0.25) is 5.41 Å². The Balaban J connectivity index is 2.49. The van der Waals surface area contributed by atoms with Crippen LogP contribution in [0.2, 0.25) is 0 Å². The zero-order valence-electron chi connectivity index (χ0n) is 10.2. The van der Waals surface area contributed by atoms with Gasteiger partial charge < -0.3 is 10.6 Å². The lowest BCUT2D eigenvalue weighted by Crippen LogP contribution is -2.24. The number of nitrogens with zero attached hydrogens (tertiary/aromatic N) is 3. The Morgan fingerprint density at radius 1 is 1.22 bits per heavy atom. The summed E-state index contributed by atoms with van der Waals surface area (Å²) in [5.41, 5.74) is 6.95. The number of nitrogens with two attached hydrogens (primary N) is 1. The Morgan fingerprint density at radius 3 is 2.50 bits per heavy atom. The molecule has 0 saturated carbocycles. The molecule has 5 nitrogen and oxygen atoms in total. The average molecular weight is 241 g/mol. The standard InChI is InChI=1S/C13H15N5/c1-2-18(10-6-4-3-5-7-10)13-11(12(14)15)16-8-9-17-13/h3-9H,2H2,1H3,(H3,14,15). The number of hydrogen-bond acceptors (Lipinski definition) is 4. The van der Waals surface area contributed by atoms with Crippen molar-refractivity contribution in [1.29, 1.82) is 5.41 Å². The van der Waals surface area contributed by atoms with Crippen LogP contribution in [0.4, 0.5) is 11.5 Å². The fourth-order valence-corrected chi connectivity index (χ4v) is 1.78. The molecule has 92 valence electrons. The van der Waals surface area contributed by atoms with Crippen LogP contribution in [0.25, 0.3) is 0 Å². The highest BCUT2D eigenvalue weighted by Crippen LogP contribution is 2.24. The van der Waals surface area contributed by atoms with E-state index in [2.05, 4.69) is 9.97 Å². The quantitative estimate of drug-likeness (QED) is 0.633. The normalized spacial score (nSPS) is 10.1. The monoisotopic (exact) mass is 241 g/mol. The molecule has 2 aromatic rings. The molecule has 2 rings (SSSR count). The van der Waals surface area contributed by atoms with Crippen molar-refractivity contribution >= 4 is 17.3 Å². The summed E-state index contributed by atoms with van der Waals surface area (Å²) < 4.78 is 0. The Hall–Kier alpha value is -2.43. The highest BCUT2D eigenvalue weighted by Gasteiger charge is 2.15. The van der Waals surface area contributed by atoms with E-state index < -0.39 is 0 Å². The van der Waals surface area contributed by atoms with Crippen molar-refractivity contribution in [2.75, 3.05) is 11.4 Å². The molecule has 0 saturated heterocycles. The molecular weight excluding hydrogens is 226 g/mol. The third-order valence-electron chi connectivity index (χ3n) is 2.57. The fourth-order valence-electron chi connectivity index (χ4n) is 1.78. The Morgan fingerprint density at radius 2 is 1.89 bits per heavy atom. The van der Waals surface area contributed by atoms with Gasteiger partial charge in [0, 0.05) is 24.6 Å². The average Bonchev–Trinajstić information content (AvgIpc) is 2.41. The van der Waals surface area contributed by atoms with Gasteiger partial charge in [0.2, 0.25) is 0 Å². The minimum atomic E-state index is -0.0764. The number of aromatic nitrogens is 2. The Labute approximate surface area is 106 Å². The Kier molecular flexibility index (Phi) is 3.52. The molecular formula is C13H15N5. The zero-order valence-corrected chi connectivity index (χ0v) is 10.2. The van der Waals surface area contributed by atoms with Crippen molar-refractivity contribution in [3.8, 4) is 0 Å². The number of rotatable bonds is 4. The summed E-state index contributed by atoms with van der Waals surface area (Å²) in [7, 11) is 0. The number of benzene rings is 1. The summed E-state index contributed by atoms with van der Waals surface area (Å²) in [5, 5.41) is 7.56. The highest BCUT2D eigenvalue weighted by molar-refractivity contribution is 5.98. The molecule has 0 fully saturated rings. The van der Waals surface area contributed by atoms with E-state index in [0.717, 1.165) is 12.2 Å². The van der Waals surface area contributed by atoms with Crippen LogP contribution in [0.15, 0.2) is 42.7 Å². The van der Waals surface area contributed by atoms with E-state index in [9.17, 15) is 0 Å². The molecule has 1 aromatic carbocycles. The number of amidine groups is 1. The first kappa shape index (κ1) is 12.0. The van der Waals surface area contributed by atoms with Crippen LogP contribution in [-0.4, -0.2) is 22.3 Å². The molecule has 3 N–H and O–H groups in total. The van der Waals surface area contributed by atoms with Gasteiger partial charge in [0.25, 0.3) is 0 Å². The van der Waals surface area contributed by atoms with Crippen LogP contribution in [0, 0.1) is 5.41 Å². The van der Waals surface area contributed by atoms with Gasteiger partial charge in [0.05, 0.1) is 0 Å². The van der Waals surface area contributed by atoms with Crippen molar-refractivity contribution in [3.05, 3.63) is 48.4 Å². The number of anilines is 2. The van der Waals surface area contributed by atoms with Crippen molar-refractivity contribution < 1.29 is 0 Å². The van der Waals surface area contributed by atoms with Crippen molar-refractivity contribution in [2.24, 2.45) is 5.73 Å². The number of para-hydroxylation sites is 1. The maximum absolute atomic E-state index is 7.56. The summed E-state index contributed by atoms with van der Waals surface area (Å²) in [5.74, 6) is 0.534. The molecule has 0 spiro atoms. The summed E-state index contributed by atoms with van der Waals surface area (Å²) in [6.45, 7) is 2.74. The van der Waals surface area contributed by atoms with E-state index in [0.29, 0.717) is 11.5 Å². The summed E-state index contributed by atoms with van der Waals surface area (Å²) in [6.07, 6.45) is 3.15. The maximum atomic E-state index is 7.56. The van der Waals surface area contributed by atoms with Gasteiger partial charge in [-0.15, -0.1) is 0 Å². The first-order chi connectivity index (χ1) is 8.74. The van der Waals surface area contributed by atoms with Gasteiger partial charge in [-0.05, 0) is 19.1 Å². The van der Waals surface area contributed by atoms with Crippen molar-refractivity contribution in [1.82, 2.24) is 9.97 Å². The van der Waals surface area contributed by atoms with Crippen LogP contribution in [0.5, 0.6) is 0 Å². The molecule has 0 aliphatic rings. The van der Waals surface area contributed by atoms with Gasteiger partial charge >= 0.3 is 0 Å². The van der Waals surface area contributed by atoms with Gasteiger partial charge in [0.1, 0.15) is 11.5 Å². The minimum absolute atomic E-state index is 0.0764. The number of nitrogen functional groups attached to an aromatic ring is 1. The summed E-state index contributed by atoms with van der Waals surface area (Å²) in [6, 6.07) is 9.85. The lowest BCUT2D eigenvalue weighted by Gasteiger charge is -2.23. The van der Waals surface area contributed by atoms with Gasteiger partial charge in [-0.2, -0.15) is 0 Å². The second-order valence-corrected chi connectivity index (χ2v) is 3.72. The van der Waals surface area contributed by atoms with Crippen LogP contribution in [0.3, 0.4) is 0 Å². The third kappa shape index (κ3) is 2.29. The molecule has 0 unspecified atom stereocenters. The van der Waals surface area contributed by atoms with Crippen LogP contribution in [0.1, 0.15) is 12.6 Å². The molecule has 1 heterocycles. The predicted molar refractivity (Wildman–Crippen MR) is 72.2 cm³/mol. The van der Waals surface area contributed by atoms with Crippen molar-refractivity contribution in [2.45, 2.75) is 6.92 Å². The van der Waals surface area contributed by atoms with Crippen LogP contribution < -0.4 is 10.6 Å². The predicted octanol–water partition coefficient (Wildman–Crippen LogP) is 1.92. The molecule has 5 heteroatoms. The van der Waals surface area contributed by atoms with Crippen molar-refractivity contribution in [3.63, 3.8) is 0 Å². The molecule has 18 heavy (non-hydrogen) atoms. The van der Waals surface area contributed by atoms with E-state index >= 15 is 0 Å². The van der Waals surface area contributed by atoms with Gasteiger partial charge in [-0.25, -0.2) is 9.97 Å². The lowest BCUT2D eigenvalue weighted by atomic mass is 10.2. The first-order valence-corrected chi connectivity index (χ1v) is 5.72. The number of nitrogens with one attached hydrogen (secondary N) is 1. The second-order valence-electron chi connectivity index (χ2n) is 3.72. The summed E-state index contributed by atoms with van der Waals surface area (Å²) >= 11 is 0.